The Morgan fingerprint density at radius 1 is 1.45 bits per heavy atom. The predicted molar refractivity (Wildman–Crippen MR) is 80.2 cm³/mol. The minimum Gasteiger partial charge on any atom is -0.487 e. The van der Waals surface area contributed by atoms with E-state index in [-0.39, 0.29) is 17.5 Å². The Labute approximate surface area is 119 Å². The van der Waals surface area contributed by atoms with Gasteiger partial charge in [0.05, 0.1) is 11.5 Å². The van der Waals surface area contributed by atoms with Gasteiger partial charge < -0.3 is 15.8 Å². The maximum atomic E-state index is 10.9. The van der Waals surface area contributed by atoms with Crippen molar-refractivity contribution in [2.45, 2.75) is 33.2 Å². The zero-order valence-electron chi connectivity index (χ0n) is 12.3. The molecule has 0 aromatic heterocycles. The highest BCUT2D eigenvalue weighted by Crippen LogP contribution is 2.30. The Hall–Kier alpha value is -1.82. The molecule has 1 unspecified atom stereocenters. The zero-order valence-corrected chi connectivity index (χ0v) is 12.3. The molecule has 3 N–H and O–H groups in total. The summed E-state index contributed by atoms with van der Waals surface area (Å²) in [6.07, 6.45) is 0.942. The third-order valence-electron chi connectivity index (χ3n) is 2.87. The lowest BCUT2D eigenvalue weighted by atomic mass is 10.0. The standard InChI is InChI=1S/C14H23N3O3/c1-4-20-14-8-11(5-6-13(14)17(18)19)16-12(9-15)7-10(2)3/h5-6,8,10,12,16H,4,7,9,15H2,1-3H3. The molecule has 0 fully saturated rings. The van der Waals surface area contributed by atoms with Gasteiger partial charge in [-0.25, -0.2) is 0 Å². The quantitative estimate of drug-likeness (QED) is 0.565. The van der Waals surface area contributed by atoms with Gasteiger partial charge in [-0.1, -0.05) is 13.8 Å². The first-order valence-electron chi connectivity index (χ1n) is 6.85. The summed E-state index contributed by atoms with van der Waals surface area (Å²) in [4.78, 5) is 10.5. The van der Waals surface area contributed by atoms with Crippen LogP contribution in [0.5, 0.6) is 5.75 Å². The highest BCUT2D eigenvalue weighted by atomic mass is 16.6. The van der Waals surface area contributed by atoms with E-state index in [2.05, 4.69) is 19.2 Å². The van der Waals surface area contributed by atoms with Crippen LogP contribution in [0.25, 0.3) is 0 Å². The van der Waals surface area contributed by atoms with Crippen molar-refractivity contribution in [3.8, 4) is 5.75 Å². The van der Waals surface area contributed by atoms with E-state index in [9.17, 15) is 10.1 Å². The number of nitrogens with one attached hydrogen (secondary N) is 1. The molecule has 0 aliphatic heterocycles. The monoisotopic (exact) mass is 281 g/mol. The first kappa shape index (κ1) is 16.2. The first-order valence-corrected chi connectivity index (χ1v) is 6.85. The number of nitrogens with two attached hydrogens (primary N) is 1. The fraction of sp³-hybridized carbons (Fsp3) is 0.571. The molecule has 0 amide bonds. The topological polar surface area (TPSA) is 90.4 Å². The van der Waals surface area contributed by atoms with Crippen LogP contribution in [0.2, 0.25) is 0 Å². The normalized spacial score (nSPS) is 12.2. The van der Waals surface area contributed by atoms with Gasteiger partial charge in [0, 0.05) is 30.4 Å². The number of nitro groups is 1. The molecule has 1 rings (SSSR count). The van der Waals surface area contributed by atoms with Crippen molar-refractivity contribution in [1.29, 1.82) is 0 Å². The van der Waals surface area contributed by atoms with Crippen LogP contribution in [0.3, 0.4) is 0 Å². The van der Waals surface area contributed by atoms with Gasteiger partial charge in [0.15, 0.2) is 5.75 Å². The molecular weight excluding hydrogens is 258 g/mol. The lowest BCUT2D eigenvalue weighted by Gasteiger charge is -2.20. The average Bonchev–Trinajstić information content (AvgIpc) is 2.37. The highest BCUT2D eigenvalue weighted by molar-refractivity contribution is 5.58. The summed E-state index contributed by atoms with van der Waals surface area (Å²) in [5.41, 5.74) is 6.51. The summed E-state index contributed by atoms with van der Waals surface area (Å²) < 4.78 is 5.32. The van der Waals surface area contributed by atoms with Crippen LogP contribution in [0.4, 0.5) is 11.4 Å². The van der Waals surface area contributed by atoms with Crippen LogP contribution >= 0.6 is 0 Å². The second-order valence-corrected chi connectivity index (χ2v) is 5.08. The van der Waals surface area contributed by atoms with E-state index >= 15 is 0 Å². The largest absolute Gasteiger partial charge is 0.487 e. The fourth-order valence-electron chi connectivity index (χ4n) is 2.04. The molecule has 1 aromatic carbocycles. The zero-order chi connectivity index (χ0) is 15.1. The highest BCUT2D eigenvalue weighted by Gasteiger charge is 2.16. The number of nitrogens with zero attached hydrogens (tertiary/aromatic N) is 1. The van der Waals surface area contributed by atoms with Crippen molar-refractivity contribution in [1.82, 2.24) is 0 Å². The van der Waals surface area contributed by atoms with Gasteiger partial charge in [0.25, 0.3) is 0 Å². The lowest BCUT2D eigenvalue weighted by Crippen LogP contribution is -2.30. The van der Waals surface area contributed by atoms with Crippen molar-refractivity contribution >= 4 is 11.4 Å². The molecule has 0 heterocycles. The summed E-state index contributed by atoms with van der Waals surface area (Å²) in [6, 6.07) is 4.94. The Morgan fingerprint density at radius 2 is 2.15 bits per heavy atom. The minimum absolute atomic E-state index is 0.0226. The van der Waals surface area contributed by atoms with Gasteiger partial charge in [0.1, 0.15) is 0 Å². The molecule has 0 aliphatic carbocycles. The number of anilines is 1. The third kappa shape index (κ3) is 4.70. The lowest BCUT2D eigenvalue weighted by molar-refractivity contribution is -0.385. The molecule has 6 heteroatoms. The fourth-order valence-corrected chi connectivity index (χ4v) is 2.04. The molecule has 6 nitrogen and oxygen atoms in total. The van der Waals surface area contributed by atoms with Crippen LogP contribution in [-0.4, -0.2) is 24.1 Å². The first-order chi connectivity index (χ1) is 9.47. The number of rotatable bonds is 8. The third-order valence-corrected chi connectivity index (χ3v) is 2.87. The van der Waals surface area contributed by atoms with E-state index in [0.29, 0.717) is 19.1 Å². The van der Waals surface area contributed by atoms with Gasteiger partial charge in [-0.3, -0.25) is 10.1 Å². The van der Waals surface area contributed by atoms with E-state index < -0.39 is 4.92 Å². The van der Waals surface area contributed by atoms with E-state index in [4.69, 9.17) is 10.5 Å². The SMILES string of the molecule is CCOc1cc(NC(CN)CC(C)C)ccc1[N+](=O)[O-]. The Morgan fingerprint density at radius 3 is 2.65 bits per heavy atom. The molecule has 0 saturated carbocycles. The Kier molecular flexibility index (Phi) is 6.24. The van der Waals surface area contributed by atoms with Gasteiger partial charge in [-0.15, -0.1) is 0 Å². The molecular formula is C14H23N3O3. The van der Waals surface area contributed by atoms with Gasteiger partial charge >= 0.3 is 5.69 Å². The van der Waals surface area contributed by atoms with Crippen molar-refractivity contribution in [2.75, 3.05) is 18.5 Å². The number of hydrogen-bond acceptors (Lipinski definition) is 5. The summed E-state index contributed by atoms with van der Waals surface area (Å²) in [6.45, 7) is 6.96. The molecule has 0 spiro atoms. The molecule has 1 atom stereocenters. The van der Waals surface area contributed by atoms with Crippen LogP contribution < -0.4 is 15.8 Å². The molecule has 0 radical (unpaired) electrons. The van der Waals surface area contributed by atoms with Gasteiger partial charge in [0.2, 0.25) is 0 Å². The van der Waals surface area contributed by atoms with Gasteiger partial charge in [-0.05, 0) is 25.3 Å². The van der Waals surface area contributed by atoms with E-state index in [1.54, 1.807) is 19.1 Å². The molecule has 0 bridgehead atoms. The Bertz CT molecular complexity index is 449. The number of benzene rings is 1. The van der Waals surface area contributed by atoms with E-state index in [1.165, 1.54) is 6.07 Å². The second kappa shape index (κ2) is 7.69. The van der Waals surface area contributed by atoms with Crippen LogP contribution in [0, 0.1) is 16.0 Å². The summed E-state index contributed by atoms with van der Waals surface area (Å²) in [5, 5.41) is 14.2. The number of nitro benzene ring substituents is 1. The number of hydrogen-bond donors (Lipinski definition) is 2. The molecule has 112 valence electrons. The smallest absolute Gasteiger partial charge is 0.311 e. The predicted octanol–water partition coefficient (Wildman–Crippen LogP) is 2.78. The molecule has 0 saturated heterocycles. The van der Waals surface area contributed by atoms with Crippen LogP contribution in [-0.2, 0) is 0 Å². The maximum absolute atomic E-state index is 10.9. The molecule has 1 aromatic rings. The van der Waals surface area contributed by atoms with Crippen molar-refractivity contribution in [3.05, 3.63) is 28.3 Å². The van der Waals surface area contributed by atoms with Crippen LogP contribution in [0.1, 0.15) is 27.2 Å². The van der Waals surface area contributed by atoms with Crippen molar-refractivity contribution < 1.29 is 9.66 Å². The second-order valence-electron chi connectivity index (χ2n) is 5.08. The minimum atomic E-state index is -0.441. The van der Waals surface area contributed by atoms with Crippen molar-refractivity contribution in [3.63, 3.8) is 0 Å². The molecule has 0 aliphatic rings. The van der Waals surface area contributed by atoms with E-state index in [0.717, 1.165) is 12.1 Å². The maximum Gasteiger partial charge on any atom is 0.311 e. The number of ether oxygens (including phenoxy) is 1. The van der Waals surface area contributed by atoms with Crippen molar-refractivity contribution in [2.24, 2.45) is 11.7 Å². The summed E-state index contributed by atoms with van der Waals surface area (Å²) in [5.74, 6) is 0.809. The average molecular weight is 281 g/mol. The molecule has 20 heavy (non-hydrogen) atoms. The van der Waals surface area contributed by atoms with Gasteiger partial charge in [-0.2, -0.15) is 0 Å². The van der Waals surface area contributed by atoms with Crippen LogP contribution in [0.15, 0.2) is 18.2 Å². The summed E-state index contributed by atoms with van der Waals surface area (Å²) in [7, 11) is 0. The summed E-state index contributed by atoms with van der Waals surface area (Å²) >= 11 is 0. The Balaban J connectivity index is 2.90. The van der Waals surface area contributed by atoms with E-state index in [1.807, 2.05) is 0 Å².